The van der Waals surface area contributed by atoms with Gasteiger partial charge in [0.25, 0.3) is 0 Å². The normalized spacial score (nSPS) is 13.9. The Balaban J connectivity index is 0.000000934. The summed E-state index contributed by atoms with van der Waals surface area (Å²) in [5.41, 5.74) is 4.65. The van der Waals surface area contributed by atoms with Crippen LogP contribution in [0, 0.1) is 11.8 Å². The van der Waals surface area contributed by atoms with E-state index in [0.29, 0.717) is 25.0 Å². The maximum absolute atomic E-state index is 6.30. The molecule has 0 N–H and O–H groups in total. The van der Waals surface area contributed by atoms with Gasteiger partial charge in [0.2, 0.25) is 0 Å². The maximum atomic E-state index is 6.30. The smallest absolute Gasteiger partial charge is 0.336 e. The minimum Gasteiger partial charge on any atom is -0.466 e. The molecule has 0 unspecified atom stereocenters. The van der Waals surface area contributed by atoms with Crippen LogP contribution >= 0.6 is 8.60 Å². The van der Waals surface area contributed by atoms with Gasteiger partial charge in [0.1, 0.15) is 5.75 Å². The largest absolute Gasteiger partial charge is 0.466 e. The number of para-hydroxylation sites is 1. The van der Waals surface area contributed by atoms with Gasteiger partial charge in [0, 0.05) is 0 Å². The molecule has 4 nitrogen and oxygen atoms in total. The van der Waals surface area contributed by atoms with Crippen molar-refractivity contribution >= 4 is 8.60 Å². The van der Waals surface area contributed by atoms with Crippen molar-refractivity contribution in [3.8, 4) is 5.75 Å². The first-order valence-electron chi connectivity index (χ1n) is 13.9. The molecule has 206 valence electrons. The van der Waals surface area contributed by atoms with E-state index in [1.807, 2.05) is 60.7 Å². The summed E-state index contributed by atoms with van der Waals surface area (Å²) in [4.78, 5) is 0. The van der Waals surface area contributed by atoms with E-state index in [1.165, 1.54) is 24.0 Å². The Hall–Kier alpha value is -2.23. The Morgan fingerprint density at radius 3 is 1.63 bits per heavy atom. The zero-order valence-electron chi connectivity index (χ0n) is 23.9. The highest BCUT2D eigenvalue weighted by Crippen LogP contribution is 2.47. The average molecular weight is 537 g/mol. The molecule has 0 aromatic heterocycles. The predicted octanol–water partition coefficient (Wildman–Crippen LogP) is 10.00. The summed E-state index contributed by atoms with van der Waals surface area (Å²) < 4.78 is 24.4. The average Bonchev–Trinajstić information content (AvgIpc) is 3.76. The van der Waals surface area contributed by atoms with Gasteiger partial charge >= 0.3 is 8.60 Å². The highest BCUT2D eigenvalue weighted by molar-refractivity contribution is 7.41. The van der Waals surface area contributed by atoms with E-state index >= 15 is 0 Å². The Bertz CT molecular complexity index is 1000. The molecule has 0 amide bonds. The fourth-order valence-electron chi connectivity index (χ4n) is 4.05. The topological polar surface area (TPSA) is 36.9 Å². The standard InChI is InChI=1S/C29H35O4P.C4H10/c1-22(2)27-15-10-16-28(23(3)26-17-18-26)29(27)30-21-33-34(31-19-24-11-6-4-7-12-24)32-20-25-13-8-5-9-14-25;1-4(2)3/h4-16,22-23,26H,17-21H2,1-3H3;4H,1-3H3/t23-;/m1./s1. The molecule has 0 aliphatic heterocycles. The fourth-order valence-corrected chi connectivity index (χ4v) is 4.92. The SMILES string of the molecule is CC(C)C.CC(C)c1cccc([C@H](C)C2CC2)c1OCOP(OCc1ccccc1)OCc1ccccc1. The minimum absolute atomic E-state index is 0.0867. The zero-order chi connectivity index (χ0) is 27.3. The molecule has 0 bridgehead atoms. The van der Waals surface area contributed by atoms with Gasteiger partial charge in [-0.15, -0.1) is 0 Å². The number of rotatable bonds is 13. The van der Waals surface area contributed by atoms with Crippen molar-refractivity contribution in [2.45, 2.75) is 79.4 Å². The van der Waals surface area contributed by atoms with Crippen LogP contribution < -0.4 is 4.74 Å². The van der Waals surface area contributed by atoms with Crippen LogP contribution in [-0.4, -0.2) is 6.79 Å². The molecular formula is C33H45O4P. The summed E-state index contributed by atoms with van der Waals surface area (Å²) in [6.07, 6.45) is 2.60. The van der Waals surface area contributed by atoms with Crippen molar-refractivity contribution in [1.29, 1.82) is 0 Å². The number of hydrogen-bond donors (Lipinski definition) is 0. The monoisotopic (exact) mass is 536 g/mol. The molecule has 4 rings (SSSR count). The quantitative estimate of drug-likeness (QED) is 0.161. The molecule has 38 heavy (non-hydrogen) atoms. The first-order valence-corrected chi connectivity index (χ1v) is 15.0. The van der Waals surface area contributed by atoms with Crippen LogP contribution in [0.15, 0.2) is 78.9 Å². The summed E-state index contributed by atoms with van der Waals surface area (Å²) in [5, 5.41) is 0. The maximum Gasteiger partial charge on any atom is 0.336 e. The molecule has 1 saturated carbocycles. The first-order chi connectivity index (χ1) is 18.3. The molecule has 0 heterocycles. The van der Waals surface area contributed by atoms with E-state index in [2.05, 4.69) is 59.7 Å². The number of benzene rings is 3. The second-order valence-electron chi connectivity index (χ2n) is 10.9. The lowest BCUT2D eigenvalue weighted by Gasteiger charge is -2.23. The molecule has 0 radical (unpaired) electrons. The second-order valence-corrected chi connectivity index (χ2v) is 12.1. The predicted molar refractivity (Wildman–Crippen MR) is 158 cm³/mol. The van der Waals surface area contributed by atoms with Crippen LogP contribution in [-0.2, 0) is 26.8 Å². The van der Waals surface area contributed by atoms with Crippen LogP contribution in [0.4, 0.5) is 0 Å². The molecule has 3 aromatic carbocycles. The highest BCUT2D eigenvalue weighted by Gasteiger charge is 2.31. The van der Waals surface area contributed by atoms with E-state index in [0.717, 1.165) is 28.7 Å². The summed E-state index contributed by atoms with van der Waals surface area (Å²) in [6.45, 7) is 14.1. The highest BCUT2D eigenvalue weighted by atomic mass is 31.2. The molecular weight excluding hydrogens is 491 g/mol. The van der Waals surface area contributed by atoms with Crippen molar-refractivity contribution in [3.63, 3.8) is 0 Å². The van der Waals surface area contributed by atoms with Crippen LogP contribution in [0.1, 0.15) is 88.5 Å². The summed E-state index contributed by atoms with van der Waals surface area (Å²) in [6, 6.07) is 26.6. The van der Waals surface area contributed by atoms with Crippen molar-refractivity contribution in [2.75, 3.05) is 6.79 Å². The number of ether oxygens (including phenoxy) is 1. The van der Waals surface area contributed by atoms with Crippen LogP contribution in [0.3, 0.4) is 0 Å². The van der Waals surface area contributed by atoms with E-state index < -0.39 is 8.60 Å². The number of hydrogen-bond acceptors (Lipinski definition) is 4. The lowest BCUT2D eigenvalue weighted by atomic mass is 9.90. The molecule has 5 heteroatoms. The molecule has 3 aromatic rings. The molecule has 1 atom stereocenters. The molecule has 0 saturated heterocycles. The summed E-state index contributed by atoms with van der Waals surface area (Å²) in [5.74, 6) is 3.40. The Labute approximate surface area is 231 Å². The van der Waals surface area contributed by atoms with E-state index in [9.17, 15) is 0 Å². The third-order valence-electron chi connectivity index (χ3n) is 6.24. The van der Waals surface area contributed by atoms with Gasteiger partial charge in [-0.1, -0.05) is 120 Å². The van der Waals surface area contributed by atoms with Gasteiger partial charge in [0.05, 0.1) is 13.2 Å². The Morgan fingerprint density at radius 1 is 0.658 bits per heavy atom. The lowest BCUT2D eigenvalue weighted by Crippen LogP contribution is -2.09. The van der Waals surface area contributed by atoms with Crippen molar-refractivity contribution in [3.05, 3.63) is 101 Å². The van der Waals surface area contributed by atoms with Crippen LogP contribution in [0.2, 0.25) is 0 Å². The van der Waals surface area contributed by atoms with Crippen LogP contribution in [0.5, 0.6) is 5.75 Å². The van der Waals surface area contributed by atoms with E-state index in [-0.39, 0.29) is 6.79 Å². The van der Waals surface area contributed by atoms with E-state index in [4.69, 9.17) is 18.3 Å². The van der Waals surface area contributed by atoms with Crippen molar-refractivity contribution in [2.24, 2.45) is 11.8 Å². The zero-order valence-corrected chi connectivity index (χ0v) is 24.8. The Morgan fingerprint density at radius 2 is 1.16 bits per heavy atom. The van der Waals surface area contributed by atoms with Gasteiger partial charge in [-0.2, -0.15) is 0 Å². The van der Waals surface area contributed by atoms with Gasteiger partial charge in [-0.05, 0) is 58.8 Å². The summed E-state index contributed by atoms with van der Waals surface area (Å²) in [7, 11) is -1.58. The van der Waals surface area contributed by atoms with Crippen LogP contribution in [0.25, 0.3) is 0 Å². The lowest BCUT2D eigenvalue weighted by molar-refractivity contribution is 0.0714. The van der Waals surface area contributed by atoms with Gasteiger partial charge in [0.15, 0.2) is 6.79 Å². The first kappa shape index (κ1) is 30.3. The van der Waals surface area contributed by atoms with E-state index in [1.54, 1.807) is 0 Å². The third kappa shape index (κ3) is 10.5. The second kappa shape index (κ2) is 16.0. The van der Waals surface area contributed by atoms with Crippen molar-refractivity contribution < 1.29 is 18.3 Å². The van der Waals surface area contributed by atoms with Gasteiger partial charge in [-0.25, -0.2) is 0 Å². The van der Waals surface area contributed by atoms with Crippen molar-refractivity contribution in [1.82, 2.24) is 0 Å². The minimum atomic E-state index is -1.58. The fraction of sp³-hybridized carbons (Fsp3) is 0.455. The Kier molecular flexibility index (Phi) is 12.8. The molecule has 0 spiro atoms. The van der Waals surface area contributed by atoms with Gasteiger partial charge in [-0.3, -0.25) is 4.52 Å². The molecule has 1 aliphatic rings. The van der Waals surface area contributed by atoms with Gasteiger partial charge < -0.3 is 13.8 Å². The summed E-state index contributed by atoms with van der Waals surface area (Å²) >= 11 is 0. The molecule has 1 aliphatic carbocycles. The third-order valence-corrected chi connectivity index (χ3v) is 7.23. The molecule has 1 fully saturated rings.